The van der Waals surface area contributed by atoms with Gasteiger partial charge >= 0.3 is 0 Å². The number of rotatable bonds is 10. The molecule has 0 radical (unpaired) electrons. The Bertz CT molecular complexity index is 635. The number of unbranched alkanes of at least 4 members (excludes halogenated alkanes) is 2. The minimum absolute atomic E-state index is 0.218. The van der Waals surface area contributed by atoms with Gasteiger partial charge in [0.05, 0.1) is 6.61 Å². The lowest BCUT2D eigenvalue weighted by Crippen LogP contribution is -2.17. The van der Waals surface area contributed by atoms with Crippen molar-refractivity contribution in [2.75, 3.05) is 6.61 Å². The van der Waals surface area contributed by atoms with Crippen molar-refractivity contribution in [2.45, 2.75) is 103 Å². The van der Waals surface area contributed by atoms with Gasteiger partial charge in [-0.2, -0.15) is 0 Å². The van der Waals surface area contributed by atoms with Gasteiger partial charge < -0.3 is 10.2 Å². The number of phenolic OH excluding ortho intramolecular Hbond substituents is 1. The van der Waals surface area contributed by atoms with Crippen molar-refractivity contribution in [1.82, 2.24) is 0 Å². The number of aliphatic hydroxyl groups excluding tert-OH is 1. The van der Waals surface area contributed by atoms with Crippen molar-refractivity contribution in [3.8, 4) is 5.75 Å². The second-order valence-electron chi connectivity index (χ2n) is 10.2. The van der Waals surface area contributed by atoms with Crippen LogP contribution in [0.1, 0.15) is 108 Å². The summed E-state index contributed by atoms with van der Waals surface area (Å²) in [6.07, 6.45) is 20.9. The average Bonchev–Trinajstić information content (AvgIpc) is 2.84. The van der Waals surface area contributed by atoms with E-state index in [0.29, 0.717) is 12.0 Å². The first-order valence-electron chi connectivity index (χ1n) is 13.1. The van der Waals surface area contributed by atoms with Crippen molar-refractivity contribution in [1.29, 1.82) is 0 Å². The largest absolute Gasteiger partial charge is 0.508 e. The summed E-state index contributed by atoms with van der Waals surface area (Å²) in [5.41, 5.74) is 1.65. The van der Waals surface area contributed by atoms with Crippen LogP contribution in [0.15, 0.2) is 36.4 Å². The van der Waals surface area contributed by atoms with Crippen molar-refractivity contribution >= 4 is 6.29 Å². The fourth-order valence-corrected chi connectivity index (χ4v) is 5.53. The second kappa shape index (κ2) is 15.3. The minimum atomic E-state index is -0.233. The van der Waals surface area contributed by atoms with Crippen molar-refractivity contribution in [3.63, 3.8) is 0 Å². The molecule has 3 nitrogen and oxygen atoms in total. The number of carbonyl (C=O) groups is 1. The zero-order valence-corrected chi connectivity index (χ0v) is 20.3. The predicted molar refractivity (Wildman–Crippen MR) is 134 cm³/mol. The lowest BCUT2D eigenvalue weighted by Gasteiger charge is -2.32. The third kappa shape index (κ3) is 9.90. The monoisotopic (exact) mass is 442 g/mol. The van der Waals surface area contributed by atoms with Gasteiger partial charge in [0.1, 0.15) is 12.0 Å². The summed E-state index contributed by atoms with van der Waals surface area (Å²) in [7, 11) is 0. The summed E-state index contributed by atoms with van der Waals surface area (Å²) in [5, 5.41) is 17.5. The maximum absolute atomic E-state index is 9.48. The van der Waals surface area contributed by atoms with Crippen LogP contribution in [0.5, 0.6) is 5.75 Å². The van der Waals surface area contributed by atoms with Crippen LogP contribution in [0.3, 0.4) is 0 Å². The molecule has 0 amide bonds. The molecule has 1 aromatic carbocycles. The fourth-order valence-electron chi connectivity index (χ4n) is 5.53. The average molecular weight is 443 g/mol. The van der Waals surface area contributed by atoms with E-state index in [0.717, 1.165) is 23.7 Å². The molecule has 3 heteroatoms. The number of carbonyl (C=O) groups excluding carboxylic acids is 1. The Hall–Kier alpha value is -1.61. The highest BCUT2D eigenvalue weighted by atomic mass is 16.3. The van der Waals surface area contributed by atoms with Crippen LogP contribution >= 0.6 is 0 Å². The minimum Gasteiger partial charge on any atom is -0.508 e. The summed E-state index contributed by atoms with van der Waals surface area (Å²) < 4.78 is 0. The van der Waals surface area contributed by atoms with E-state index in [4.69, 9.17) is 5.11 Å². The third-order valence-corrected chi connectivity index (χ3v) is 7.75. The number of phenols is 1. The lowest BCUT2D eigenvalue weighted by atomic mass is 9.74. The number of aldehydes is 1. The van der Waals surface area contributed by atoms with Gasteiger partial charge in [0.15, 0.2) is 0 Å². The third-order valence-electron chi connectivity index (χ3n) is 7.75. The molecule has 0 aromatic heterocycles. The highest BCUT2D eigenvalue weighted by molar-refractivity contribution is 5.72. The predicted octanol–water partition coefficient (Wildman–Crippen LogP) is 7.57. The van der Waals surface area contributed by atoms with E-state index >= 15 is 0 Å². The first kappa shape index (κ1) is 26.6. The first-order chi connectivity index (χ1) is 15.5. The quantitative estimate of drug-likeness (QED) is 0.223. The van der Waals surface area contributed by atoms with E-state index in [9.17, 15) is 9.90 Å². The molecule has 1 aromatic rings. The van der Waals surface area contributed by atoms with E-state index in [1.165, 1.54) is 95.5 Å². The molecular weight excluding hydrogens is 396 g/mol. The van der Waals surface area contributed by atoms with Gasteiger partial charge in [-0.25, -0.2) is 0 Å². The van der Waals surface area contributed by atoms with Crippen LogP contribution in [0.4, 0.5) is 0 Å². The summed E-state index contributed by atoms with van der Waals surface area (Å²) in [4.78, 5) is 9.48. The van der Waals surface area contributed by atoms with Crippen LogP contribution < -0.4 is 0 Å². The Morgan fingerprint density at radius 1 is 0.875 bits per heavy atom. The number of benzene rings is 1. The Kier molecular flexibility index (Phi) is 12.7. The van der Waals surface area contributed by atoms with E-state index < -0.39 is 0 Å². The van der Waals surface area contributed by atoms with Crippen molar-refractivity contribution in [3.05, 3.63) is 42.0 Å². The number of hydrogen-bond donors (Lipinski definition) is 2. The van der Waals surface area contributed by atoms with E-state index in [1.54, 1.807) is 0 Å². The topological polar surface area (TPSA) is 57.5 Å². The van der Waals surface area contributed by atoms with E-state index in [-0.39, 0.29) is 12.2 Å². The smallest absolute Gasteiger partial charge is 0.147 e. The Morgan fingerprint density at radius 2 is 1.38 bits per heavy atom. The number of aromatic hydroxyl groups is 1. The molecule has 2 aliphatic carbocycles. The fraction of sp³-hybridized carbons (Fsp3) is 0.690. The molecule has 0 unspecified atom stereocenters. The Balaban J connectivity index is 0.000000534. The van der Waals surface area contributed by atoms with Gasteiger partial charge in [0.2, 0.25) is 0 Å². The van der Waals surface area contributed by atoms with Crippen molar-refractivity contribution < 1.29 is 15.0 Å². The zero-order chi connectivity index (χ0) is 23.2. The molecule has 2 aliphatic rings. The molecule has 2 N–H and O–H groups in total. The van der Waals surface area contributed by atoms with Gasteiger partial charge in [-0.05, 0) is 67.1 Å². The molecule has 0 atom stereocenters. The van der Waals surface area contributed by atoms with Crippen LogP contribution in [0.25, 0.3) is 0 Å². The molecule has 2 fully saturated rings. The molecule has 2 saturated carbocycles. The number of aliphatic hydroxyl groups is 1. The van der Waals surface area contributed by atoms with Gasteiger partial charge in [-0.3, -0.25) is 4.79 Å². The molecule has 0 aliphatic heterocycles. The van der Waals surface area contributed by atoms with Gasteiger partial charge in [0.25, 0.3) is 0 Å². The molecule has 0 spiro atoms. The summed E-state index contributed by atoms with van der Waals surface area (Å²) in [6, 6.07) is 7.94. The van der Waals surface area contributed by atoms with E-state index in [1.807, 2.05) is 12.1 Å². The van der Waals surface area contributed by atoms with Crippen LogP contribution in [-0.4, -0.2) is 23.1 Å². The van der Waals surface area contributed by atoms with Crippen LogP contribution in [-0.2, 0) is 4.79 Å². The SMILES string of the molecule is C=C(C=O)CO.CCCCCC1CCC(CCC2CCC(c3ccc(O)cc3)CC2)CC1. The first-order valence-corrected chi connectivity index (χ1v) is 13.1. The molecule has 180 valence electrons. The van der Waals surface area contributed by atoms with E-state index in [2.05, 4.69) is 25.6 Å². The maximum Gasteiger partial charge on any atom is 0.147 e. The standard InChI is InChI=1S/C25H40O.C4H6O2/c1-2-3-4-5-20-6-8-21(9-7-20)10-11-22-12-14-23(15-13-22)24-16-18-25(26)19-17-24;1-4(2-5)3-6/h16-23,26H,2-15H2,1H3;2,6H,1,3H2. The lowest BCUT2D eigenvalue weighted by molar-refractivity contribution is -0.105. The molecule has 0 heterocycles. The zero-order valence-electron chi connectivity index (χ0n) is 20.3. The Morgan fingerprint density at radius 3 is 1.81 bits per heavy atom. The van der Waals surface area contributed by atoms with Crippen molar-refractivity contribution in [2.24, 2.45) is 17.8 Å². The second-order valence-corrected chi connectivity index (χ2v) is 10.2. The van der Waals surface area contributed by atoms with Gasteiger partial charge in [-0.15, -0.1) is 0 Å². The molecule has 0 saturated heterocycles. The molecule has 0 bridgehead atoms. The number of hydrogen-bond acceptors (Lipinski definition) is 3. The highest BCUT2D eigenvalue weighted by Crippen LogP contribution is 2.40. The Labute approximate surface area is 196 Å². The molecule has 32 heavy (non-hydrogen) atoms. The molecular formula is C29H46O3. The van der Waals surface area contributed by atoms with Gasteiger partial charge in [0, 0.05) is 5.57 Å². The summed E-state index contributed by atoms with van der Waals surface area (Å²) in [6.45, 7) is 5.26. The molecule has 3 rings (SSSR count). The highest BCUT2D eigenvalue weighted by Gasteiger charge is 2.25. The van der Waals surface area contributed by atoms with Crippen LogP contribution in [0.2, 0.25) is 0 Å². The van der Waals surface area contributed by atoms with Crippen LogP contribution in [0, 0.1) is 17.8 Å². The summed E-state index contributed by atoms with van der Waals surface area (Å²) >= 11 is 0. The van der Waals surface area contributed by atoms with Gasteiger partial charge in [-0.1, -0.05) is 89.8 Å². The maximum atomic E-state index is 9.48. The normalized spacial score (nSPS) is 25.4. The summed E-state index contributed by atoms with van der Waals surface area (Å²) in [5.74, 6) is 4.18.